The van der Waals surface area contributed by atoms with Gasteiger partial charge in [-0.2, -0.15) is 0 Å². The van der Waals surface area contributed by atoms with Crippen LogP contribution in [-0.4, -0.2) is 35.6 Å². The second-order valence-electron chi connectivity index (χ2n) is 5.38. The third kappa shape index (κ3) is 7.43. The summed E-state index contributed by atoms with van der Waals surface area (Å²) in [7, 11) is 0. The number of halogens is 1. The number of nitrogens with one attached hydrogen (secondary N) is 3. The maximum Gasteiger partial charge on any atom is 0.325 e. The fraction of sp³-hybridized carbons (Fsp3) is 0.438. The van der Waals surface area contributed by atoms with Crippen LogP contribution < -0.4 is 16.0 Å². The van der Waals surface area contributed by atoms with Crippen LogP contribution >= 0.6 is 12.4 Å². The number of imide groups is 1. The van der Waals surface area contributed by atoms with E-state index >= 15 is 0 Å². The van der Waals surface area contributed by atoms with Gasteiger partial charge in [0.1, 0.15) is 6.04 Å². The van der Waals surface area contributed by atoms with Crippen molar-refractivity contribution in [3.8, 4) is 0 Å². The molecule has 0 saturated heterocycles. The van der Waals surface area contributed by atoms with E-state index in [0.717, 1.165) is 11.1 Å². The van der Waals surface area contributed by atoms with Crippen LogP contribution in [0.2, 0.25) is 0 Å². The van der Waals surface area contributed by atoms with Crippen molar-refractivity contribution in [1.82, 2.24) is 10.6 Å². The molecule has 0 aliphatic carbocycles. The summed E-state index contributed by atoms with van der Waals surface area (Å²) in [6.07, 6.45) is 1.09. The van der Waals surface area contributed by atoms with E-state index in [1.165, 1.54) is 0 Å². The van der Waals surface area contributed by atoms with Crippen LogP contribution in [0.15, 0.2) is 18.2 Å². The Labute approximate surface area is 147 Å². The van der Waals surface area contributed by atoms with Gasteiger partial charge >= 0.3 is 12.0 Å². The molecule has 24 heavy (non-hydrogen) atoms. The van der Waals surface area contributed by atoms with Gasteiger partial charge in [-0.15, -0.1) is 12.4 Å². The SMILES string of the molecule is CCCC(NCC(=O)NC(=O)Nc1ccc(C)cc1C)C(=O)O.Cl. The lowest BCUT2D eigenvalue weighted by molar-refractivity contribution is -0.139. The number of benzene rings is 1. The lowest BCUT2D eigenvalue weighted by atomic mass is 10.1. The van der Waals surface area contributed by atoms with Crippen LogP contribution in [0.25, 0.3) is 0 Å². The van der Waals surface area contributed by atoms with Crippen molar-refractivity contribution < 1.29 is 19.5 Å². The van der Waals surface area contributed by atoms with Crippen LogP contribution in [-0.2, 0) is 9.59 Å². The maximum absolute atomic E-state index is 11.8. The summed E-state index contributed by atoms with van der Waals surface area (Å²) in [5.41, 5.74) is 2.58. The highest BCUT2D eigenvalue weighted by Crippen LogP contribution is 2.15. The molecular formula is C16H24ClN3O4. The van der Waals surface area contributed by atoms with Gasteiger partial charge in [0.15, 0.2) is 0 Å². The molecule has 0 bridgehead atoms. The average molecular weight is 358 g/mol. The first-order chi connectivity index (χ1) is 10.8. The molecule has 0 aromatic heterocycles. The van der Waals surface area contributed by atoms with E-state index in [2.05, 4.69) is 16.0 Å². The molecule has 0 radical (unpaired) electrons. The van der Waals surface area contributed by atoms with Crippen molar-refractivity contribution in [2.75, 3.05) is 11.9 Å². The Balaban J connectivity index is 0.00000529. The Morgan fingerprint density at radius 3 is 2.42 bits per heavy atom. The third-order valence-corrected chi connectivity index (χ3v) is 3.27. The Bertz CT molecular complexity index is 593. The van der Waals surface area contributed by atoms with Gasteiger partial charge in [0.05, 0.1) is 6.54 Å². The molecule has 134 valence electrons. The largest absolute Gasteiger partial charge is 0.480 e. The Morgan fingerprint density at radius 1 is 1.21 bits per heavy atom. The van der Waals surface area contributed by atoms with Gasteiger partial charge < -0.3 is 10.4 Å². The fourth-order valence-electron chi connectivity index (χ4n) is 2.10. The van der Waals surface area contributed by atoms with E-state index in [9.17, 15) is 14.4 Å². The van der Waals surface area contributed by atoms with E-state index in [1.807, 2.05) is 32.9 Å². The van der Waals surface area contributed by atoms with Crippen LogP contribution in [0.4, 0.5) is 10.5 Å². The number of carbonyl (C=O) groups excluding carboxylic acids is 2. The zero-order chi connectivity index (χ0) is 17.4. The Morgan fingerprint density at radius 2 is 1.88 bits per heavy atom. The highest BCUT2D eigenvalue weighted by Gasteiger charge is 2.17. The minimum Gasteiger partial charge on any atom is -0.480 e. The average Bonchev–Trinajstić information content (AvgIpc) is 2.46. The van der Waals surface area contributed by atoms with E-state index < -0.39 is 23.9 Å². The molecule has 0 saturated carbocycles. The van der Waals surface area contributed by atoms with Gasteiger partial charge in [-0.1, -0.05) is 31.0 Å². The number of aliphatic carboxylic acids is 1. The van der Waals surface area contributed by atoms with Gasteiger partial charge in [0.25, 0.3) is 0 Å². The Hall–Kier alpha value is -2.12. The molecule has 0 heterocycles. The quantitative estimate of drug-likeness (QED) is 0.598. The van der Waals surface area contributed by atoms with Crippen molar-refractivity contribution in [2.45, 2.75) is 39.7 Å². The topological polar surface area (TPSA) is 108 Å². The second kappa shape index (κ2) is 10.6. The maximum atomic E-state index is 11.8. The first-order valence-electron chi connectivity index (χ1n) is 7.47. The summed E-state index contributed by atoms with van der Waals surface area (Å²) in [4.78, 5) is 34.4. The molecule has 3 amide bonds. The summed E-state index contributed by atoms with van der Waals surface area (Å²) in [6.45, 7) is 5.42. The van der Waals surface area contributed by atoms with Gasteiger partial charge in [-0.3, -0.25) is 20.2 Å². The highest BCUT2D eigenvalue weighted by molar-refractivity contribution is 6.02. The normalized spacial score (nSPS) is 11.1. The molecule has 7 nitrogen and oxygen atoms in total. The minimum absolute atomic E-state index is 0. The van der Waals surface area contributed by atoms with E-state index in [4.69, 9.17) is 5.11 Å². The van der Waals surface area contributed by atoms with Crippen LogP contribution in [0.3, 0.4) is 0 Å². The summed E-state index contributed by atoms with van der Waals surface area (Å²) < 4.78 is 0. The number of carboxylic acid groups (broad SMARTS) is 1. The number of hydrogen-bond donors (Lipinski definition) is 4. The summed E-state index contributed by atoms with van der Waals surface area (Å²) in [5, 5.41) is 16.3. The zero-order valence-corrected chi connectivity index (χ0v) is 14.8. The van der Waals surface area contributed by atoms with E-state index in [0.29, 0.717) is 18.5 Å². The van der Waals surface area contributed by atoms with Crippen molar-refractivity contribution in [3.05, 3.63) is 29.3 Å². The number of carbonyl (C=O) groups is 3. The first kappa shape index (κ1) is 21.9. The first-order valence-corrected chi connectivity index (χ1v) is 7.47. The molecular weight excluding hydrogens is 334 g/mol. The van der Waals surface area contributed by atoms with Crippen molar-refractivity contribution in [2.24, 2.45) is 0 Å². The molecule has 1 aromatic carbocycles. The highest BCUT2D eigenvalue weighted by atomic mass is 35.5. The van der Waals surface area contributed by atoms with E-state index in [-0.39, 0.29) is 19.0 Å². The number of anilines is 1. The van der Waals surface area contributed by atoms with Crippen LogP contribution in [0.5, 0.6) is 0 Å². The summed E-state index contributed by atoms with van der Waals surface area (Å²) in [6, 6.07) is 4.09. The number of carboxylic acids is 1. The fourth-order valence-corrected chi connectivity index (χ4v) is 2.10. The number of amides is 3. The molecule has 1 atom stereocenters. The number of rotatable bonds is 7. The molecule has 1 aromatic rings. The lowest BCUT2D eigenvalue weighted by Gasteiger charge is -2.13. The standard InChI is InChI=1S/C16H23N3O4.ClH/c1-4-5-13(15(21)22)17-9-14(20)19-16(23)18-12-7-6-10(2)8-11(12)3;/h6-8,13,17H,4-5,9H2,1-3H3,(H,21,22)(H2,18,19,20,23);1H. The van der Waals surface area contributed by atoms with Gasteiger partial charge in [0.2, 0.25) is 5.91 Å². The van der Waals surface area contributed by atoms with E-state index in [1.54, 1.807) is 6.07 Å². The number of hydrogen-bond acceptors (Lipinski definition) is 4. The zero-order valence-electron chi connectivity index (χ0n) is 14.0. The molecule has 4 N–H and O–H groups in total. The predicted molar refractivity (Wildman–Crippen MR) is 94.7 cm³/mol. The third-order valence-electron chi connectivity index (χ3n) is 3.27. The predicted octanol–water partition coefficient (Wildman–Crippen LogP) is 2.22. The smallest absolute Gasteiger partial charge is 0.325 e. The summed E-state index contributed by atoms with van der Waals surface area (Å²) >= 11 is 0. The molecule has 1 rings (SSSR count). The lowest BCUT2D eigenvalue weighted by Crippen LogP contribution is -2.45. The van der Waals surface area contributed by atoms with Gasteiger partial charge in [-0.05, 0) is 31.9 Å². The van der Waals surface area contributed by atoms with Gasteiger partial charge in [-0.25, -0.2) is 4.79 Å². The molecule has 0 aliphatic rings. The van der Waals surface area contributed by atoms with Crippen molar-refractivity contribution in [3.63, 3.8) is 0 Å². The number of urea groups is 1. The van der Waals surface area contributed by atoms with Crippen molar-refractivity contribution >= 4 is 36.0 Å². The monoisotopic (exact) mass is 357 g/mol. The van der Waals surface area contributed by atoms with Crippen molar-refractivity contribution in [1.29, 1.82) is 0 Å². The Kier molecular flexibility index (Phi) is 9.68. The number of aryl methyl sites for hydroxylation is 2. The molecule has 1 unspecified atom stereocenters. The second-order valence-corrected chi connectivity index (χ2v) is 5.38. The van der Waals surface area contributed by atoms with Crippen LogP contribution in [0.1, 0.15) is 30.9 Å². The molecule has 0 spiro atoms. The summed E-state index contributed by atoms with van der Waals surface area (Å²) in [5.74, 6) is -1.60. The minimum atomic E-state index is -1.01. The molecule has 0 fully saturated rings. The molecule has 0 aliphatic heterocycles. The van der Waals surface area contributed by atoms with Crippen LogP contribution in [0, 0.1) is 13.8 Å². The van der Waals surface area contributed by atoms with Gasteiger partial charge in [0, 0.05) is 5.69 Å². The molecule has 8 heteroatoms.